The summed E-state index contributed by atoms with van der Waals surface area (Å²) in [5.74, 6) is 1.70. The molecule has 4 heteroatoms. The lowest BCUT2D eigenvalue weighted by molar-refractivity contribution is 0.979. The lowest BCUT2D eigenvalue weighted by Crippen LogP contribution is -1.98. The van der Waals surface area contributed by atoms with Crippen molar-refractivity contribution in [3.8, 4) is 17.2 Å². The van der Waals surface area contributed by atoms with Gasteiger partial charge in [-0.1, -0.05) is 30.3 Å². The summed E-state index contributed by atoms with van der Waals surface area (Å²) in [6.45, 7) is 0. The second kappa shape index (κ2) is 4.17. The van der Waals surface area contributed by atoms with Gasteiger partial charge in [0.2, 0.25) is 0 Å². The van der Waals surface area contributed by atoms with Gasteiger partial charge in [-0.25, -0.2) is 15.0 Å². The van der Waals surface area contributed by atoms with Crippen LogP contribution < -0.4 is 0 Å². The first-order chi connectivity index (χ1) is 8.45. The molecular formula is C13H10N4. The van der Waals surface area contributed by atoms with Gasteiger partial charge >= 0.3 is 0 Å². The van der Waals surface area contributed by atoms with E-state index in [9.17, 15) is 0 Å². The van der Waals surface area contributed by atoms with Gasteiger partial charge in [-0.15, -0.1) is 0 Å². The smallest absolute Gasteiger partial charge is 0.145 e. The Morgan fingerprint density at radius 2 is 1.76 bits per heavy atom. The first-order valence-corrected chi connectivity index (χ1v) is 5.30. The highest BCUT2D eigenvalue weighted by Gasteiger charge is 2.07. The third-order valence-electron chi connectivity index (χ3n) is 2.49. The van der Waals surface area contributed by atoms with Crippen molar-refractivity contribution in [3.63, 3.8) is 0 Å². The molecule has 0 bridgehead atoms. The molecule has 0 fully saturated rings. The molecular weight excluding hydrogens is 212 g/mol. The number of hydrogen-bond donors (Lipinski definition) is 0. The molecule has 0 radical (unpaired) electrons. The molecule has 0 spiro atoms. The Balaban J connectivity index is 2.13. The van der Waals surface area contributed by atoms with Crippen LogP contribution >= 0.6 is 0 Å². The van der Waals surface area contributed by atoms with Crippen molar-refractivity contribution in [2.24, 2.45) is 0 Å². The fraction of sp³-hybridized carbons (Fsp3) is 0. The maximum Gasteiger partial charge on any atom is 0.145 e. The standard InChI is InChI=1S/C13H10N4/c1-2-4-11(5-3-1)13-15-8-9-17(13)12-6-7-14-10-16-12/h1-10H. The van der Waals surface area contributed by atoms with Crippen molar-refractivity contribution in [1.29, 1.82) is 0 Å². The number of nitrogens with zero attached hydrogens (tertiary/aromatic N) is 4. The Morgan fingerprint density at radius 3 is 2.53 bits per heavy atom. The monoisotopic (exact) mass is 222 g/mol. The Labute approximate surface area is 98.6 Å². The fourth-order valence-electron chi connectivity index (χ4n) is 1.72. The zero-order valence-electron chi connectivity index (χ0n) is 9.06. The van der Waals surface area contributed by atoms with Gasteiger partial charge in [-0.05, 0) is 6.07 Å². The SMILES string of the molecule is c1ccc(-c2nccn2-c2ccncn2)cc1. The molecule has 0 amide bonds. The molecule has 0 N–H and O–H groups in total. The van der Waals surface area contributed by atoms with Gasteiger partial charge in [-0.2, -0.15) is 0 Å². The molecule has 82 valence electrons. The summed E-state index contributed by atoms with van der Waals surface area (Å²) < 4.78 is 1.94. The van der Waals surface area contributed by atoms with Crippen LogP contribution in [-0.2, 0) is 0 Å². The van der Waals surface area contributed by atoms with Crippen LogP contribution in [0.1, 0.15) is 0 Å². The summed E-state index contributed by atoms with van der Waals surface area (Å²) in [5.41, 5.74) is 1.07. The van der Waals surface area contributed by atoms with Gasteiger partial charge in [0.05, 0.1) is 0 Å². The Kier molecular flexibility index (Phi) is 2.38. The molecule has 0 unspecified atom stereocenters. The van der Waals surface area contributed by atoms with Crippen LogP contribution in [0.2, 0.25) is 0 Å². The van der Waals surface area contributed by atoms with Gasteiger partial charge in [0.15, 0.2) is 0 Å². The van der Waals surface area contributed by atoms with E-state index in [0.29, 0.717) is 0 Å². The third-order valence-corrected chi connectivity index (χ3v) is 2.49. The summed E-state index contributed by atoms with van der Waals surface area (Å²) in [5, 5.41) is 0. The number of hydrogen-bond acceptors (Lipinski definition) is 3. The summed E-state index contributed by atoms with van der Waals surface area (Å²) in [6, 6.07) is 11.9. The second-order valence-corrected chi connectivity index (χ2v) is 3.55. The Hall–Kier alpha value is -2.49. The highest BCUT2D eigenvalue weighted by atomic mass is 15.1. The molecule has 1 aromatic carbocycles. The first-order valence-electron chi connectivity index (χ1n) is 5.30. The highest BCUT2D eigenvalue weighted by molar-refractivity contribution is 5.57. The molecule has 0 atom stereocenters. The van der Waals surface area contributed by atoms with Crippen molar-refractivity contribution in [3.05, 3.63) is 61.3 Å². The molecule has 0 aliphatic heterocycles. The average molecular weight is 222 g/mol. The van der Waals surface area contributed by atoms with Gasteiger partial charge in [0, 0.05) is 24.2 Å². The van der Waals surface area contributed by atoms with Gasteiger partial charge in [0.25, 0.3) is 0 Å². The van der Waals surface area contributed by atoms with Gasteiger partial charge < -0.3 is 0 Å². The van der Waals surface area contributed by atoms with E-state index in [0.717, 1.165) is 17.2 Å². The van der Waals surface area contributed by atoms with Crippen LogP contribution in [0.15, 0.2) is 61.3 Å². The van der Waals surface area contributed by atoms with E-state index in [1.54, 1.807) is 12.4 Å². The third kappa shape index (κ3) is 1.80. The number of rotatable bonds is 2. The van der Waals surface area contributed by atoms with E-state index in [-0.39, 0.29) is 0 Å². The van der Waals surface area contributed by atoms with Crippen molar-refractivity contribution in [2.45, 2.75) is 0 Å². The van der Waals surface area contributed by atoms with E-state index < -0.39 is 0 Å². The molecule has 17 heavy (non-hydrogen) atoms. The summed E-state index contributed by atoms with van der Waals surface area (Å²) in [7, 11) is 0. The first kappa shape index (κ1) is 9.72. The number of benzene rings is 1. The molecule has 0 saturated carbocycles. The minimum absolute atomic E-state index is 0.816. The molecule has 0 saturated heterocycles. The van der Waals surface area contributed by atoms with E-state index in [2.05, 4.69) is 15.0 Å². The molecule has 0 aliphatic carbocycles. The van der Waals surface area contributed by atoms with E-state index in [1.165, 1.54) is 6.33 Å². The lowest BCUT2D eigenvalue weighted by atomic mass is 10.2. The zero-order valence-corrected chi connectivity index (χ0v) is 9.06. The average Bonchev–Trinajstić information content (AvgIpc) is 2.90. The van der Waals surface area contributed by atoms with Crippen LogP contribution in [0.5, 0.6) is 0 Å². The fourth-order valence-corrected chi connectivity index (χ4v) is 1.72. The summed E-state index contributed by atoms with van der Waals surface area (Å²) >= 11 is 0. The zero-order chi connectivity index (χ0) is 11.5. The van der Waals surface area contributed by atoms with Gasteiger partial charge in [0.1, 0.15) is 18.0 Å². The lowest BCUT2D eigenvalue weighted by Gasteiger charge is -2.05. The Morgan fingerprint density at radius 1 is 0.882 bits per heavy atom. The minimum atomic E-state index is 0.816. The molecule has 0 aliphatic rings. The molecule has 2 aromatic heterocycles. The van der Waals surface area contributed by atoms with Crippen LogP contribution in [0.3, 0.4) is 0 Å². The predicted molar refractivity (Wildman–Crippen MR) is 64.6 cm³/mol. The topological polar surface area (TPSA) is 43.6 Å². The maximum absolute atomic E-state index is 4.37. The van der Waals surface area contributed by atoms with Crippen molar-refractivity contribution in [1.82, 2.24) is 19.5 Å². The van der Waals surface area contributed by atoms with Crippen molar-refractivity contribution >= 4 is 0 Å². The summed E-state index contributed by atoms with van der Waals surface area (Å²) in [6.07, 6.45) is 6.91. The summed E-state index contributed by atoms with van der Waals surface area (Å²) in [4.78, 5) is 12.5. The minimum Gasteiger partial charge on any atom is -0.284 e. The second-order valence-electron chi connectivity index (χ2n) is 3.55. The van der Waals surface area contributed by atoms with Crippen molar-refractivity contribution < 1.29 is 0 Å². The highest BCUT2D eigenvalue weighted by Crippen LogP contribution is 2.19. The van der Waals surface area contributed by atoms with Crippen LogP contribution in [0, 0.1) is 0 Å². The number of imidazole rings is 1. The molecule has 2 heterocycles. The largest absolute Gasteiger partial charge is 0.284 e. The van der Waals surface area contributed by atoms with E-state index in [4.69, 9.17) is 0 Å². The molecule has 3 aromatic rings. The van der Waals surface area contributed by atoms with Crippen LogP contribution in [-0.4, -0.2) is 19.5 Å². The van der Waals surface area contributed by atoms with E-state index >= 15 is 0 Å². The number of aromatic nitrogens is 4. The van der Waals surface area contributed by atoms with Crippen LogP contribution in [0.25, 0.3) is 17.2 Å². The molecule has 4 nitrogen and oxygen atoms in total. The quantitative estimate of drug-likeness (QED) is 0.668. The van der Waals surface area contributed by atoms with Crippen LogP contribution in [0.4, 0.5) is 0 Å². The molecule has 3 rings (SSSR count). The van der Waals surface area contributed by atoms with Crippen molar-refractivity contribution in [2.75, 3.05) is 0 Å². The predicted octanol–water partition coefficient (Wildman–Crippen LogP) is 2.33. The maximum atomic E-state index is 4.37. The van der Waals surface area contributed by atoms with Gasteiger partial charge in [-0.3, -0.25) is 4.57 Å². The van der Waals surface area contributed by atoms with E-state index in [1.807, 2.05) is 47.2 Å². The Bertz CT molecular complexity index is 548. The normalized spacial score (nSPS) is 10.4.